The largest absolute Gasteiger partial charge is 0.493 e. The molecule has 1 saturated carbocycles. The lowest BCUT2D eigenvalue weighted by Gasteiger charge is -2.29. The summed E-state index contributed by atoms with van der Waals surface area (Å²) in [6.45, 7) is 2.19. The molecule has 1 aliphatic carbocycles. The third-order valence-electron chi connectivity index (χ3n) is 4.35. The number of benzene rings is 1. The Kier molecular flexibility index (Phi) is 5.52. The molecule has 0 aromatic heterocycles. The molecular weight excluding hydrogens is 282 g/mol. The number of ether oxygens (including phenoxy) is 3. The molecule has 122 valence electrons. The van der Waals surface area contributed by atoms with Crippen molar-refractivity contribution in [2.45, 2.75) is 38.6 Å². The van der Waals surface area contributed by atoms with Crippen LogP contribution in [0.1, 0.15) is 43.0 Å². The Morgan fingerprint density at radius 3 is 2.14 bits per heavy atom. The van der Waals surface area contributed by atoms with Gasteiger partial charge in [0.1, 0.15) is 0 Å². The Labute approximate surface area is 131 Å². The number of rotatable bonds is 5. The first-order valence-corrected chi connectivity index (χ1v) is 7.71. The number of hydrogen-bond acceptors (Lipinski definition) is 4. The average Bonchev–Trinajstić information content (AvgIpc) is 2.55. The van der Waals surface area contributed by atoms with E-state index in [1.807, 2.05) is 0 Å². The summed E-state index contributed by atoms with van der Waals surface area (Å²) in [4.78, 5) is 12.5. The van der Waals surface area contributed by atoms with Crippen LogP contribution in [0.4, 0.5) is 0 Å². The summed E-state index contributed by atoms with van der Waals surface area (Å²) in [5, 5.41) is 3.13. The molecule has 5 nitrogen and oxygen atoms in total. The van der Waals surface area contributed by atoms with Gasteiger partial charge in [0.15, 0.2) is 11.5 Å². The monoisotopic (exact) mass is 307 g/mol. The lowest BCUT2D eigenvalue weighted by molar-refractivity contribution is 0.0909. The fourth-order valence-corrected chi connectivity index (χ4v) is 2.99. The Balaban J connectivity index is 2.21. The maximum Gasteiger partial charge on any atom is 0.251 e. The molecule has 22 heavy (non-hydrogen) atoms. The van der Waals surface area contributed by atoms with Crippen molar-refractivity contribution in [3.8, 4) is 17.2 Å². The van der Waals surface area contributed by atoms with Crippen molar-refractivity contribution < 1.29 is 19.0 Å². The lowest BCUT2D eigenvalue weighted by Crippen LogP contribution is -2.41. The van der Waals surface area contributed by atoms with E-state index in [1.54, 1.807) is 33.5 Å². The van der Waals surface area contributed by atoms with Crippen LogP contribution < -0.4 is 19.5 Å². The van der Waals surface area contributed by atoms with Gasteiger partial charge >= 0.3 is 0 Å². The van der Waals surface area contributed by atoms with Gasteiger partial charge in [-0.15, -0.1) is 0 Å². The van der Waals surface area contributed by atoms with E-state index in [1.165, 1.54) is 19.3 Å². The fraction of sp³-hybridized carbons (Fsp3) is 0.588. The molecule has 2 rings (SSSR count). The molecule has 2 atom stereocenters. The van der Waals surface area contributed by atoms with Crippen molar-refractivity contribution in [1.29, 1.82) is 0 Å². The quantitative estimate of drug-likeness (QED) is 0.908. The van der Waals surface area contributed by atoms with E-state index >= 15 is 0 Å². The third-order valence-corrected chi connectivity index (χ3v) is 4.35. The fourth-order valence-electron chi connectivity index (χ4n) is 2.99. The molecule has 0 spiro atoms. The Morgan fingerprint density at radius 1 is 1.05 bits per heavy atom. The zero-order valence-electron chi connectivity index (χ0n) is 13.8. The van der Waals surface area contributed by atoms with Gasteiger partial charge in [-0.25, -0.2) is 0 Å². The summed E-state index contributed by atoms with van der Waals surface area (Å²) in [5.41, 5.74) is 0.521. The third kappa shape index (κ3) is 3.46. The van der Waals surface area contributed by atoms with Crippen molar-refractivity contribution >= 4 is 5.91 Å². The van der Waals surface area contributed by atoms with Gasteiger partial charge < -0.3 is 19.5 Å². The molecule has 1 N–H and O–H groups in total. The molecule has 5 heteroatoms. The number of amides is 1. The topological polar surface area (TPSA) is 56.8 Å². The Hall–Kier alpha value is -1.91. The normalized spacial score (nSPS) is 21.1. The highest BCUT2D eigenvalue weighted by Gasteiger charge is 2.24. The van der Waals surface area contributed by atoms with Crippen LogP contribution in [0.3, 0.4) is 0 Å². The van der Waals surface area contributed by atoms with Gasteiger partial charge in [0, 0.05) is 11.6 Å². The van der Waals surface area contributed by atoms with E-state index in [-0.39, 0.29) is 11.9 Å². The van der Waals surface area contributed by atoms with E-state index in [0.29, 0.717) is 28.7 Å². The maximum atomic E-state index is 12.5. The van der Waals surface area contributed by atoms with Crippen LogP contribution in [-0.2, 0) is 0 Å². The number of nitrogens with one attached hydrogen (secondary N) is 1. The van der Waals surface area contributed by atoms with Crippen LogP contribution in [0.15, 0.2) is 12.1 Å². The van der Waals surface area contributed by atoms with E-state index in [9.17, 15) is 4.79 Å². The van der Waals surface area contributed by atoms with Crippen LogP contribution in [0.25, 0.3) is 0 Å². The minimum Gasteiger partial charge on any atom is -0.493 e. The predicted octanol–water partition coefficient (Wildman–Crippen LogP) is 3.02. The molecule has 0 radical (unpaired) electrons. The minimum absolute atomic E-state index is 0.0991. The average molecular weight is 307 g/mol. The van der Waals surface area contributed by atoms with E-state index < -0.39 is 0 Å². The minimum atomic E-state index is -0.0991. The van der Waals surface area contributed by atoms with E-state index in [2.05, 4.69) is 12.2 Å². The molecule has 0 aliphatic heterocycles. The molecular formula is C17H25NO4. The van der Waals surface area contributed by atoms with Gasteiger partial charge in [0.25, 0.3) is 5.91 Å². The summed E-state index contributed by atoms with van der Waals surface area (Å²) in [5.74, 6) is 1.89. The molecule has 1 aliphatic rings. The highest BCUT2D eigenvalue weighted by molar-refractivity contribution is 5.95. The smallest absolute Gasteiger partial charge is 0.251 e. The van der Waals surface area contributed by atoms with Gasteiger partial charge in [-0.05, 0) is 30.9 Å². The first-order chi connectivity index (χ1) is 10.6. The predicted molar refractivity (Wildman–Crippen MR) is 85.0 cm³/mol. The Bertz CT molecular complexity index is 504. The molecule has 0 bridgehead atoms. The number of methoxy groups -OCH3 is 3. The molecule has 1 fully saturated rings. The van der Waals surface area contributed by atoms with Crippen LogP contribution in [0.5, 0.6) is 17.2 Å². The van der Waals surface area contributed by atoms with Crippen LogP contribution in [0.2, 0.25) is 0 Å². The zero-order valence-corrected chi connectivity index (χ0v) is 13.8. The lowest BCUT2D eigenvalue weighted by atomic mass is 9.86. The molecule has 0 heterocycles. The second-order valence-corrected chi connectivity index (χ2v) is 5.76. The summed E-state index contributed by atoms with van der Waals surface area (Å²) in [6.07, 6.45) is 4.62. The van der Waals surface area contributed by atoms with Gasteiger partial charge in [-0.1, -0.05) is 19.8 Å². The van der Waals surface area contributed by atoms with Crippen molar-refractivity contribution in [1.82, 2.24) is 5.32 Å². The SMILES string of the molecule is COc1cc(C(=O)N[C@H]2CCCC[C@@H]2C)cc(OC)c1OC. The molecule has 0 unspecified atom stereocenters. The zero-order chi connectivity index (χ0) is 16.1. The molecule has 1 amide bonds. The van der Waals surface area contributed by atoms with Crippen molar-refractivity contribution in [2.24, 2.45) is 5.92 Å². The molecule has 1 aromatic carbocycles. The summed E-state index contributed by atoms with van der Waals surface area (Å²) in [6, 6.07) is 3.61. The summed E-state index contributed by atoms with van der Waals surface area (Å²) < 4.78 is 15.9. The number of carbonyl (C=O) groups is 1. The summed E-state index contributed by atoms with van der Waals surface area (Å²) in [7, 11) is 4.63. The van der Waals surface area contributed by atoms with Crippen molar-refractivity contribution in [3.63, 3.8) is 0 Å². The molecule has 1 aromatic rings. The van der Waals surface area contributed by atoms with Crippen molar-refractivity contribution in [2.75, 3.05) is 21.3 Å². The van der Waals surface area contributed by atoms with E-state index in [4.69, 9.17) is 14.2 Å². The standard InChI is InChI=1S/C17H25NO4/c1-11-7-5-6-8-13(11)18-17(19)12-9-14(20-2)16(22-4)15(10-12)21-3/h9-11,13H,5-8H2,1-4H3,(H,18,19)/t11-,13-/m0/s1. The first kappa shape index (κ1) is 16.5. The van der Waals surface area contributed by atoms with Gasteiger partial charge in [-0.3, -0.25) is 4.79 Å². The van der Waals surface area contributed by atoms with Gasteiger partial charge in [0.2, 0.25) is 5.75 Å². The van der Waals surface area contributed by atoms with Crippen LogP contribution in [0, 0.1) is 5.92 Å². The second kappa shape index (κ2) is 7.38. The summed E-state index contributed by atoms with van der Waals surface area (Å²) >= 11 is 0. The number of hydrogen-bond donors (Lipinski definition) is 1. The molecule has 0 saturated heterocycles. The van der Waals surface area contributed by atoms with Crippen LogP contribution >= 0.6 is 0 Å². The Morgan fingerprint density at radius 2 is 1.64 bits per heavy atom. The van der Waals surface area contributed by atoms with Crippen LogP contribution in [-0.4, -0.2) is 33.3 Å². The maximum absolute atomic E-state index is 12.5. The van der Waals surface area contributed by atoms with Gasteiger partial charge in [0.05, 0.1) is 21.3 Å². The highest BCUT2D eigenvalue weighted by Crippen LogP contribution is 2.38. The second-order valence-electron chi connectivity index (χ2n) is 5.76. The van der Waals surface area contributed by atoms with Crippen molar-refractivity contribution in [3.05, 3.63) is 17.7 Å². The van der Waals surface area contributed by atoms with Gasteiger partial charge in [-0.2, -0.15) is 0 Å². The first-order valence-electron chi connectivity index (χ1n) is 7.71. The number of carbonyl (C=O) groups excluding carboxylic acids is 1. The van der Waals surface area contributed by atoms with E-state index in [0.717, 1.165) is 6.42 Å². The highest BCUT2D eigenvalue weighted by atomic mass is 16.5.